The lowest BCUT2D eigenvalue weighted by Crippen LogP contribution is -2.48. The summed E-state index contributed by atoms with van der Waals surface area (Å²) in [5, 5.41) is 1.96. The van der Waals surface area contributed by atoms with Crippen molar-refractivity contribution in [1.82, 2.24) is 15.8 Å². The quantitative estimate of drug-likeness (QED) is 0.592. The van der Waals surface area contributed by atoms with Crippen molar-refractivity contribution in [2.75, 3.05) is 6.54 Å². The fourth-order valence-corrected chi connectivity index (χ4v) is 3.14. The number of amides is 3. The standard InChI is InChI=1S/C20H21N3O4S/c1-2-23(13-17-9-6-12-28-17)20(25)22-21-19(24)18-11-10-16(27-18)14-26-15-7-4-3-5-8-15/h3-12H,2,13-14H2,1H3,(H,21,24)(H,22,25). The van der Waals surface area contributed by atoms with E-state index in [9.17, 15) is 9.59 Å². The lowest BCUT2D eigenvalue weighted by atomic mass is 10.3. The van der Waals surface area contributed by atoms with Gasteiger partial charge in [-0.1, -0.05) is 24.3 Å². The minimum atomic E-state index is -0.536. The van der Waals surface area contributed by atoms with Crippen molar-refractivity contribution in [3.05, 3.63) is 76.4 Å². The zero-order chi connectivity index (χ0) is 19.8. The monoisotopic (exact) mass is 399 g/mol. The first-order chi connectivity index (χ1) is 13.7. The second-order valence-electron chi connectivity index (χ2n) is 5.85. The molecule has 28 heavy (non-hydrogen) atoms. The third-order valence-electron chi connectivity index (χ3n) is 3.89. The molecule has 0 fully saturated rings. The third-order valence-corrected chi connectivity index (χ3v) is 4.75. The largest absolute Gasteiger partial charge is 0.486 e. The maximum atomic E-state index is 12.3. The lowest BCUT2D eigenvalue weighted by Gasteiger charge is -2.20. The van der Waals surface area contributed by atoms with Gasteiger partial charge in [0.15, 0.2) is 5.76 Å². The van der Waals surface area contributed by atoms with Gasteiger partial charge in [0.05, 0.1) is 6.54 Å². The Balaban J connectivity index is 1.47. The highest BCUT2D eigenvalue weighted by atomic mass is 32.1. The number of nitrogens with one attached hydrogen (secondary N) is 2. The average Bonchev–Trinajstić information content (AvgIpc) is 3.41. The zero-order valence-electron chi connectivity index (χ0n) is 15.4. The number of para-hydroxylation sites is 1. The number of nitrogens with zero attached hydrogens (tertiary/aromatic N) is 1. The number of hydrogen-bond donors (Lipinski definition) is 2. The van der Waals surface area contributed by atoms with Crippen LogP contribution in [0, 0.1) is 0 Å². The number of rotatable bonds is 7. The van der Waals surface area contributed by atoms with Crippen LogP contribution in [-0.4, -0.2) is 23.4 Å². The van der Waals surface area contributed by atoms with Crippen molar-refractivity contribution in [3.8, 4) is 5.75 Å². The van der Waals surface area contributed by atoms with Crippen molar-refractivity contribution in [3.63, 3.8) is 0 Å². The summed E-state index contributed by atoms with van der Waals surface area (Å²) in [5.74, 6) is 0.774. The van der Waals surface area contributed by atoms with Crippen LogP contribution in [0.15, 0.2) is 64.4 Å². The van der Waals surface area contributed by atoms with Gasteiger partial charge in [0.1, 0.15) is 18.1 Å². The second kappa shape index (κ2) is 9.61. The minimum absolute atomic E-state index is 0.0910. The number of hydrazine groups is 1. The molecule has 3 rings (SSSR count). The molecule has 0 unspecified atom stereocenters. The van der Waals surface area contributed by atoms with Gasteiger partial charge in [-0.05, 0) is 42.6 Å². The zero-order valence-corrected chi connectivity index (χ0v) is 16.2. The van der Waals surface area contributed by atoms with E-state index in [1.807, 2.05) is 54.8 Å². The van der Waals surface area contributed by atoms with Gasteiger partial charge in [0.2, 0.25) is 0 Å². The molecule has 2 heterocycles. The topological polar surface area (TPSA) is 83.8 Å². The molecule has 0 atom stereocenters. The minimum Gasteiger partial charge on any atom is -0.486 e. The molecular weight excluding hydrogens is 378 g/mol. The van der Waals surface area contributed by atoms with Gasteiger partial charge < -0.3 is 14.1 Å². The van der Waals surface area contributed by atoms with Gasteiger partial charge in [-0.3, -0.25) is 10.2 Å². The van der Waals surface area contributed by atoms with Crippen molar-refractivity contribution in [2.45, 2.75) is 20.1 Å². The summed E-state index contributed by atoms with van der Waals surface area (Å²) >= 11 is 1.58. The molecular formula is C20H21N3O4S. The van der Waals surface area contributed by atoms with E-state index in [0.29, 0.717) is 24.6 Å². The first-order valence-corrected chi connectivity index (χ1v) is 9.68. The Kier molecular flexibility index (Phi) is 6.69. The highest BCUT2D eigenvalue weighted by Crippen LogP contribution is 2.14. The Morgan fingerprint density at radius 2 is 1.89 bits per heavy atom. The van der Waals surface area contributed by atoms with Crippen LogP contribution in [0.25, 0.3) is 0 Å². The number of furan rings is 1. The molecule has 2 aromatic heterocycles. The van der Waals surface area contributed by atoms with Crippen molar-refractivity contribution >= 4 is 23.3 Å². The van der Waals surface area contributed by atoms with E-state index in [0.717, 1.165) is 4.88 Å². The Morgan fingerprint density at radius 3 is 2.61 bits per heavy atom. The van der Waals surface area contributed by atoms with E-state index in [2.05, 4.69) is 10.9 Å². The van der Waals surface area contributed by atoms with Crippen molar-refractivity contribution in [2.24, 2.45) is 0 Å². The maximum absolute atomic E-state index is 12.3. The summed E-state index contributed by atoms with van der Waals surface area (Å²) in [4.78, 5) is 27.1. The van der Waals surface area contributed by atoms with Gasteiger partial charge in [-0.25, -0.2) is 10.2 Å². The predicted octanol–water partition coefficient (Wildman–Crippen LogP) is 3.80. The van der Waals surface area contributed by atoms with Gasteiger partial charge in [0, 0.05) is 11.4 Å². The first kappa shape index (κ1) is 19.5. The number of benzene rings is 1. The summed E-state index contributed by atoms with van der Waals surface area (Å²) < 4.78 is 11.0. The molecule has 0 aliphatic heterocycles. The number of hydrogen-bond acceptors (Lipinski definition) is 5. The molecule has 0 saturated carbocycles. The summed E-state index contributed by atoms with van der Waals surface area (Å²) in [6, 6.07) is 16.0. The highest BCUT2D eigenvalue weighted by Gasteiger charge is 2.16. The number of thiophene rings is 1. The van der Waals surface area contributed by atoms with Crippen molar-refractivity contribution < 1.29 is 18.7 Å². The van der Waals surface area contributed by atoms with E-state index in [1.165, 1.54) is 6.07 Å². The van der Waals surface area contributed by atoms with Gasteiger partial charge in [-0.2, -0.15) is 0 Å². The molecule has 0 aliphatic rings. The molecule has 0 spiro atoms. The van der Waals surface area contributed by atoms with E-state index >= 15 is 0 Å². The van der Waals surface area contributed by atoms with Crippen LogP contribution in [0.2, 0.25) is 0 Å². The van der Waals surface area contributed by atoms with Crippen LogP contribution < -0.4 is 15.6 Å². The Bertz CT molecular complexity index is 893. The molecule has 1 aromatic carbocycles. The Hall–Kier alpha value is -3.26. The lowest BCUT2D eigenvalue weighted by molar-refractivity contribution is 0.0898. The molecule has 0 bridgehead atoms. The van der Waals surface area contributed by atoms with Crippen LogP contribution in [0.5, 0.6) is 5.75 Å². The smallest absolute Gasteiger partial charge is 0.336 e. The molecule has 3 aromatic rings. The first-order valence-electron chi connectivity index (χ1n) is 8.80. The molecule has 0 radical (unpaired) electrons. The van der Waals surface area contributed by atoms with Gasteiger partial charge in [-0.15, -0.1) is 11.3 Å². The molecule has 7 nitrogen and oxygen atoms in total. The molecule has 2 N–H and O–H groups in total. The van der Waals surface area contributed by atoms with Crippen LogP contribution in [0.3, 0.4) is 0 Å². The van der Waals surface area contributed by atoms with Crippen LogP contribution in [-0.2, 0) is 13.2 Å². The van der Waals surface area contributed by atoms with Crippen LogP contribution >= 0.6 is 11.3 Å². The maximum Gasteiger partial charge on any atom is 0.336 e. The number of ether oxygens (including phenoxy) is 1. The summed E-state index contributed by atoms with van der Waals surface area (Å²) in [6.45, 7) is 3.08. The fourth-order valence-electron chi connectivity index (χ4n) is 2.42. The number of urea groups is 1. The second-order valence-corrected chi connectivity index (χ2v) is 6.88. The van der Waals surface area contributed by atoms with E-state index in [1.54, 1.807) is 22.3 Å². The van der Waals surface area contributed by atoms with Gasteiger partial charge in [0.25, 0.3) is 0 Å². The molecule has 146 valence electrons. The van der Waals surface area contributed by atoms with E-state index < -0.39 is 5.91 Å². The summed E-state index contributed by atoms with van der Waals surface area (Å²) in [5.41, 5.74) is 4.78. The molecule has 0 saturated heterocycles. The van der Waals surface area contributed by atoms with Crippen LogP contribution in [0.4, 0.5) is 4.79 Å². The normalized spacial score (nSPS) is 10.3. The predicted molar refractivity (Wildman–Crippen MR) is 106 cm³/mol. The highest BCUT2D eigenvalue weighted by molar-refractivity contribution is 7.09. The summed E-state index contributed by atoms with van der Waals surface area (Å²) in [6.07, 6.45) is 0. The number of carbonyl (C=O) groups is 2. The Labute approximate surface area is 166 Å². The third kappa shape index (κ3) is 5.37. The molecule has 3 amide bonds. The van der Waals surface area contributed by atoms with Gasteiger partial charge >= 0.3 is 11.9 Å². The SMILES string of the molecule is CCN(Cc1cccs1)C(=O)NNC(=O)c1ccc(COc2ccccc2)o1. The Morgan fingerprint density at radius 1 is 1.07 bits per heavy atom. The van der Waals surface area contributed by atoms with Crippen molar-refractivity contribution in [1.29, 1.82) is 0 Å². The van der Waals surface area contributed by atoms with E-state index in [4.69, 9.17) is 9.15 Å². The van der Waals surface area contributed by atoms with E-state index in [-0.39, 0.29) is 18.4 Å². The van der Waals surface area contributed by atoms with Crippen LogP contribution in [0.1, 0.15) is 28.1 Å². The molecule has 0 aliphatic carbocycles. The summed E-state index contributed by atoms with van der Waals surface area (Å²) in [7, 11) is 0. The number of carbonyl (C=O) groups excluding carboxylic acids is 2. The average molecular weight is 399 g/mol. The fraction of sp³-hybridized carbons (Fsp3) is 0.200. The molecule has 8 heteroatoms.